The maximum absolute atomic E-state index is 14.1. The van der Waals surface area contributed by atoms with Gasteiger partial charge in [-0.05, 0) is 44.4 Å². The molecule has 0 unspecified atom stereocenters. The molecule has 1 saturated heterocycles. The molecule has 0 amide bonds. The van der Waals surface area contributed by atoms with E-state index in [-0.39, 0.29) is 18.5 Å². The summed E-state index contributed by atoms with van der Waals surface area (Å²) in [5, 5.41) is 14.6. The summed E-state index contributed by atoms with van der Waals surface area (Å²) in [7, 11) is 0. The zero-order valence-corrected chi connectivity index (χ0v) is 17.7. The van der Waals surface area contributed by atoms with E-state index in [1.54, 1.807) is 6.07 Å². The van der Waals surface area contributed by atoms with Gasteiger partial charge in [0.15, 0.2) is 5.65 Å². The number of aromatic nitrogens is 3. The number of hydrogen-bond acceptors (Lipinski definition) is 4. The van der Waals surface area contributed by atoms with E-state index in [2.05, 4.69) is 36.1 Å². The van der Waals surface area contributed by atoms with Crippen molar-refractivity contribution in [2.24, 2.45) is 0 Å². The molecular formula is C25H25FN4O. The third-order valence-electron chi connectivity index (χ3n) is 6.09. The molecule has 1 atom stereocenters. The summed E-state index contributed by atoms with van der Waals surface area (Å²) in [5.41, 5.74) is 6.34. The normalized spacial score (nSPS) is 16.4. The number of rotatable bonds is 4. The van der Waals surface area contributed by atoms with E-state index in [0.29, 0.717) is 0 Å². The van der Waals surface area contributed by atoms with Gasteiger partial charge in [0.25, 0.3) is 0 Å². The molecule has 5 rings (SSSR count). The number of nitrogens with zero attached hydrogens (tertiary/aromatic N) is 4. The summed E-state index contributed by atoms with van der Waals surface area (Å²) >= 11 is 0. The quantitative estimate of drug-likeness (QED) is 0.520. The maximum atomic E-state index is 14.1. The smallest absolute Gasteiger partial charge is 0.166 e. The minimum atomic E-state index is -0.291. The molecule has 158 valence electrons. The second-order valence-electron chi connectivity index (χ2n) is 8.24. The van der Waals surface area contributed by atoms with Crippen LogP contribution in [0, 0.1) is 19.7 Å². The lowest BCUT2D eigenvalue weighted by atomic mass is 10.0. The predicted molar refractivity (Wildman–Crippen MR) is 121 cm³/mol. The highest BCUT2D eigenvalue weighted by atomic mass is 19.1. The molecule has 2 aromatic carbocycles. The van der Waals surface area contributed by atoms with Crippen molar-refractivity contribution in [1.29, 1.82) is 0 Å². The summed E-state index contributed by atoms with van der Waals surface area (Å²) in [6, 6.07) is 16.9. The van der Waals surface area contributed by atoms with Crippen molar-refractivity contribution in [2.75, 3.05) is 18.1 Å². The molecule has 1 aliphatic rings. The highest BCUT2D eigenvalue weighted by Crippen LogP contribution is 2.34. The van der Waals surface area contributed by atoms with Crippen LogP contribution in [0.25, 0.3) is 28.0 Å². The van der Waals surface area contributed by atoms with E-state index in [0.717, 1.165) is 58.9 Å². The second kappa shape index (κ2) is 7.78. The number of hydrogen-bond donors (Lipinski definition) is 1. The molecule has 0 saturated carbocycles. The van der Waals surface area contributed by atoms with E-state index in [1.807, 2.05) is 23.6 Å². The Labute approximate surface area is 180 Å². The van der Waals surface area contributed by atoms with E-state index in [9.17, 15) is 9.50 Å². The monoisotopic (exact) mass is 416 g/mol. The van der Waals surface area contributed by atoms with Crippen LogP contribution in [-0.2, 0) is 0 Å². The second-order valence-corrected chi connectivity index (χ2v) is 8.24. The van der Waals surface area contributed by atoms with Gasteiger partial charge in [0.1, 0.15) is 11.6 Å². The molecule has 5 nitrogen and oxygen atoms in total. The number of aliphatic hydroxyl groups excluding tert-OH is 1. The fourth-order valence-corrected chi connectivity index (χ4v) is 4.50. The minimum Gasteiger partial charge on any atom is -0.394 e. The Morgan fingerprint density at radius 2 is 1.87 bits per heavy atom. The van der Waals surface area contributed by atoms with Gasteiger partial charge in [-0.3, -0.25) is 0 Å². The van der Waals surface area contributed by atoms with Gasteiger partial charge in [-0.25, -0.2) is 13.9 Å². The van der Waals surface area contributed by atoms with Gasteiger partial charge in [-0.1, -0.05) is 42.0 Å². The number of halogens is 1. The largest absolute Gasteiger partial charge is 0.394 e. The van der Waals surface area contributed by atoms with Crippen molar-refractivity contribution < 1.29 is 9.50 Å². The van der Waals surface area contributed by atoms with Crippen molar-refractivity contribution >= 4 is 11.5 Å². The fourth-order valence-electron chi connectivity index (χ4n) is 4.50. The van der Waals surface area contributed by atoms with Crippen LogP contribution in [0.1, 0.15) is 24.1 Å². The molecule has 1 fully saturated rings. The first-order chi connectivity index (χ1) is 15.0. The summed E-state index contributed by atoms with van der Waals surface area (Å²) in [6.45, 7) is 4.97. The summed E-state index contributed by atoms with van der Waals surface area (Å²) in [5.74, 6) is 0.498. The first kappa shape index (κ1) is 19.7. The predicted octanol–water partition coefficient (Wildman–Crippen LogP) is 4.78. The Morgan fingerprint density at radius 1 is 1.06 bits per heavy atom. The molecule has 0 aliphatic carbocycles. The summed E-state index contributed by atoms with van der Waals surface area (Å²) in [6.07, 6.45) is 1.94. The standard InChI is InChI=1S/C25H25FN4O/c1-16-8-10-18(11-9-16)24-17(2)28-30-22(19-5-3-6-20(26)13-19)14-23(27-25(24)30)29-12-4-7-21(29)15-31/h3,5-6,8-11,13-14,21,31H,4,7,12,15H2,1-2H3/t21-/m0/s1. The summed E-state index contributed by atoms with van der Waals surface area (Å²) < 4.78 is 15.9. The van der Waals surface area contributed by atoms with Gasteiger partial charge in [0.2, 0.25) is 0 Å². The molecule has 1 aliphatic heterocycles. The number of aliphatic hydroxyl groups is 1. The Hall–Kier alpha value is -3.25. The summed E-state index contributed by atoms with van der Waals surface area (Å²) in [4.78, 5) is 7.16. The molecule has 6 heteroatoms. The zero-order chi connectivity index (χ0) is 21.5. The van der Waals surface area contributed by atoms with Crippen molar-refractivity contribution in [2.45, 2.75) is 32.7 Å². The van der Waals surface area contributed by atoms with Crippen LogP contribution in [-0.4, -0.2) is 38.9 Å². The first-order valence-electron chi connectivity index (χ1n) is 10.7. The van der Waals surface area contributed by atoms with Crippen molar-refractivity contribution in [1.82, 2.24) is 14.6 Å². The fraction of sp³-hybridized carbons (Fsp3) is 0.280. The molecule has 0 radical (unpaired) electrons. The van der Waals surface area contributed by atoms with Crippen LogP contribution >= 0.6 is 0 Å². The van der Waals surface area contributed by atoms with E-state index >= 15 is 0 Å². The highest BCUT2D eigenvalue weighted by Gasteiger charge is 2.27. The third kappa shape index (κ3) is 3.47. The molecule has 0 bridgehead atoms. The Balaban J connectivity index is 1.79. The zero-order valence-electron chi connectivity index (χ0n) is 17.7. The van der Waals surface area contributed by atoms with Crippen molar-refractivity contribution in [3.8, 4) is 22.4 Å². The Morgan fingerprint density at radius 3 is 2.61 bits per heavy atom. The van der Waals surface area contributed by atoms with Gasteiger partial charge in [-0.2, -0.15) is 5.10 Å². The van der Waals surface area contributed by atoms with E-state index in [1.165, 1.54) is 17.7 Å². The molecule has 31 heavy (non-hydrogen) atoms. The van der Waals surface area contributed by atoms with Crippen molar-refractivity contribution in [3.63, 3.8) is 0 Å². The van der Waals surface area contributed by atoms with Crippen LogP contribution < -0.4 is 4.90 Å². The lowest BCUT2D eigenvalue weighted by Crippen LogP contribution is -2.32. The van der Waals surface area contributed by atoms with Crippen LogP contribution in [0.4, 0.5) is 10.2 Å². The molecule has 0 spiro atoms. The van der Waals surface area contributed by atoms with Gasteiger partial charge >= 0.3 is 0 Å². The molecular weight excluding hydrogens is 391 g/mol. The molecule has 1 N–H and O–H groups in total. The lowest BCUT2D eigenvalue weighted by Gasteiger charge is -2.25. The van der Waals surface area contributed by atoms with Gasteiger partial charge in [0, 0.05) is 23.7 Å². The van der Waals surface area contributed by atoms with Crippen molar-refractivity contribution in [3.05, 3.63) is 71.7 Å². The third-order valence-corrected chi connectivity index (χ3v) is 6.09. The number of benzene rings is 2. The Bertz CT molecular complexity index is 1250. The maximum Gasteiger partial charge on any atom is 0.166 e. The van der Waals surface area contributed by atoms with Gasteiger partial charge in [-0.15, -0.1) is 0 Å². The minimum absolute atomic E-state index is 0.0437. The average molecular weight is 417 g/mol. The van der Waals surface area contributed by atoms with Crippen LogP contribution in [0.2, 0.25) is 0 Å². The Kier molecular flexibility index (Phi) is 4.94. The van der Waals surface area contributed by atoms with E-state index < -0.39 is 0 Å². The molecule has 4 aromatic rings. The van der Waals surface area contributed by atoms with Crippen LogP contribution in [0.3, 0.4) is 0 Å². The number of fused-ring (bicyclic) bond motifs is 1. The first-order valence-corrected chi connectivity index (χ1v) is 10.7. The number of anilines is 1. The lowest BCUT2D eigenvalue weighted by molar-refractivity contribution is 0.266. The molecule has 3 heterocycles. The van der Waals surface area contributed by atoms with Crippen LogP contribution in [0.15, 0.2) is 54.6 Å². The molecule has 2 aromatic heterocycles. The number of aryl methyl sites for hydroxylation is 2. The average Bonchev–Trinajstić information content (AvgIpc) is 3.37. The highest BCUT2D eigenvalue weighted by molar-refractivity contribution is 5.83. The van der Waals surface area contributed by atoms with E-state index in [4.69, 9.17) is 10.1 Å². The van der Waals surface area contributed by atoms with Crippen LogP contribution in [0.5, 0.6) is 0 Å². The van der Waals surface area contributed by atoms with Gasteiger partial charge < -0.3 is 10.0 Å². The topological polar surface area (TPSA) is 53.7 Å². The van der Waals surface area contributed by atoms with Gasteiger partial charge in [0.05, 0.1) is 24.0 Å². The SMILES string of the molecule is Cc1ccc(-c2c(C)nn3c(-c4cccc(F)c4)cc(N4CCC[C@H]4CO)nc23)cc1.